The Hall–Kier alpha value is -4.40. The van der Waals surface area contributed by atoms with Gasteiger partial charge in [0, 0.05) is 19.2 Å². The molecule has 3 N–H and O–H groups in total. The number of nitrogens with zero attached hydrogens (tertiary/aromatic N) is 1. The molecule has 312 valence electrons. The van der Waals surface area contributed by atoms with E-state index in [0.717, 1.165) is 48.1 Å². The molecule has 3 amide bonds. The largest absolute Gasteiger partial charge is 0.493 e. The molecule has 58 heavy (non-hydrogen) atoms. The lowest BCUT2D eigenvalue weighted by Gasteiger charge is -2.47. The van der Waals surface area contributed by atoms with E-state index in [1.54, 1.807) is 40.9 Å². The maximum Gasteiger partial charge on any atom is 0.326 e. The van der Waals surface area contributed by atoms with Crippen LogP contribution in [0.2, 0.25) is 18.1 Å². The number of benzene rings is 3. The Labute approximate surface area is 347 Å². The minimum atomic E-state index is -2.23. The van der Waals surface area contributed by atoms with Crippen molar-refractivity contribution in [3.8, 4) is 11.5 Å². The van der Waals surface area contributed by atoms with Crippen LogP contribution in [-0.4, -0.2) is 73.9 Å². The highest BCUT2D eigenvalue weighted by Crippen LogP contribution is 2.48. The molecule has 6 rings (SSSR count). The van der Waals surface area contributed by atoms with Crippen LogP contribution < -0.4 is 25.0 Å². The molecule has 2 heterocycles. The first-order valence-electron chi connectivity index (χ1n) is 20.6. The lowest BCUT2D eigenvalue weighted by molar-refractivity contribution is -0.142. The highest BCUT2D eigenvalue weighted by molar-refractivity contribution is 8.00. The fourth-order valence-electron chi connectivity index (χ4n) is 7.30. The molecule has 3 aromatic carbocycles. The number of nitrogens with one attached hydrogen (secondary N) is 2. The predicted octanol–water partition coefficient (Wildman–Crippen LogP) is 7.75. The second kappa shape index (κ2) is 18.7. The van der Waals surface area contributed by atoms with E-state index in [2.05, 4.69) is 56.6 Å². The number of aliphatic carboxylic acids is 1. The highest BCUT2D eigenvalue weighted by Gasteiger charge is 2.50. The molecule has 4 atom stereocenters. The Balaban J connectivity index is 1.10. The monoisotopic (exact) mass is 834 g/mol. The first-order chi connectivity index (χ1) is 27.9. The molecule has 1 aliphatic carbocycles. The van der Waals surface area contributed by atoms with Crippen molar-refractivity contribution in [2.24, 2.45) is 5.89 Å². The molecule has 3 aromatic rings. The van der Waals surface area contributed by atoms with Gasteiger partial charge in [0.2, 0.25) is 11.8 Å². The number of carbonyl (C=O) groups excluding carboxylic acids is 3. The van der Waals surface area contributed by atoms with Gasteiger partial charge in [-0.05, 0) is 95.7 Å². The Morgan fingerprint density at radius 2 is 1.74 bits per heavy atom. The van der Waals surface area contributed by atoms with Crippen LogP contribution >= 0.6 is 11.8 Å². The molecular weight excluding hydrogens is 778 g/mol. The van der Waals surface area contributed by atoms with Gasteiger partial charge in [-0.1, -0.05) is 71.1 Å². The van der Waals surface area contributed by atoms with Crippen molar-refractivity contribution in [3.05, 3.63) is 89.2 Å². The van der Waals surface area contributed by atoms with Gasteiger partial charge in [-0.2, -0.15) is 0 Å². The third-order valence-electron chi connectivity index (χ3n) is 11.6. The normalized spacial score (nSPS) is 20.1. The van der Waals surface area contributed by atoms with E-state index in [4.69, 9.17) is 15.3 Å². The summed E-state index contributed by atoms with van der Waals surface area (Å²) in [6.07, 6.45) is 4.50. The van der Waals surface area contributed by atoms with Crippen LogP contribution in [-0.2, 0) is 30.0 Å². The van der Waals surface area contributed by atoms with Crippen LogP contribution in [0.1, 0.15) is 89.5 Å². The van der Waals surface area contributed by atoms with E-state index in [1.807, 2.05) is 18.2 Å². The Bertz CT molecular complexity index is 1990. The summed E-state index contributed by atoms with van der Waals surface area (Å²) in [7, 11) is -2.23. The number of hydrogen-bond donors (Lipinski definition) is 3. The van der Waals surface area contributed by atoms with Crippen molar-refractivity contribution in [2.45, 2.75) is 107 Å². The van der Waals surface area contributed by atoms with Crippen LogP contribution in [0, 0.1) is 11.7 Å². The number of thioether (sulfide) groups is 1. The smallest absolute Gasteiger partial charge is 0.326 e. The number of hydrogen-bond acceptors (Lipinski definition) is 8. The second-order valence-electron chi connectivity index (χ2n) is 16.8. The molecule has 3 aliphatic rings. The molecule has 0 spiro atoms. The number of β-lactam (4-membered cyclic amide) rings is 1. The number of carbonyl (C=O) groups is 4. The molecule has 11 nitrogen and oxygen atoms in total. The fraction of sp³-hybridized carbons (Fsp3) is 0.500. The summed E-state index contributed by atoms with van der Waals surface area (Å²) in [4.78, 5) is 52.7. The number of ether oxygens (including phenoxy) is 2. The molecule has 2 aliphatic heterocycles. The zero-order valence-corrected chi connectivity index (χ0v) is 35.8. The van der Waals surface area contributed by atoms with Gasteiger partial charge < -0.3 is 34.5 Å². The van der Waals surface area contributed by atoms with Gasteiger partial charge in [-0.3, -0.25) is 14.4 Å². The zero-order chi connectivity index (χ0) is 42.5. The molecule has 0 unspecified atom stereocenters. The van der Waals surface area contributed by atoms with Gasteiger partial charge in [0.1, 0.15) is 28.6 Å². The van der Waals surface area contributed by atoms with Crippen molar-refractivity contribution in [3.63, 3.8) is 0 Å². The third kappa shape index (κ3) is 10.6. The SMILES string of the molecule is [2H]C1(C[C@H](NC(=O)CNC(=O)COc2ccc([C@@H]3[C@@H](SC[C@H](O[Si](C)(C)C(C)(C)C)c4ccc5c(c4)CCO5)C(=O)N3c3ccc(F)cc3)cc2)C(=O)O)CCCCC1. The zero-order valence-electron chi connectivity index (χ0n) is 35.0. The fourth-order valence-corrected chi connectivity index (χ4v) is 10.1. The van der Waals surface area contributed by atoms with E-state index in [9.17, 15) is 28.7 Å². The molecule has 14 heteroatoms. The van der Waals surface area contributed by atoms with E-state index in [1.165, 1.54) is 12.1 Å². The number of halogens is 1. The second-order valence-corrected chi connectivity index (χ2v) is 22.8. The van der Waals surface area contributed by atoms with Crippen molar-refractivity contribution in [1.29, 1.82) is 0 Å². The lowest BCUT2D eigenvalue weighted by atomic mass is 9.85. The minimum Gasteiger partial charge on any atom is -0.493 e. The lowest BCUT2D eigenvalue weighted by Crippen LogP contribution is -2.58. The van der Waals surface area contributed by atoms with Crippen LogP contribution in [0.4, 0.5) is 10.1 Å². The number of fused-ring (bicyclic) bond motifs is 1. The average Bonchev–Trinajstić information content (AvgIpc) is 3.66. The first kappa shape index (κ1) is 41.7. The summed E-state index contributed by atoms with van der Waals surface area (Å²) in [5, 5.41) is 14.1. The summed E-state index contributed by atoms with van der Waals surface area (Å²) in [5.74, 6) is -2.02. The van der Waals surface area contributed by atoms with Crippen molar-refractivity contribution in [2.75, 3.05) is 30.4 Å². The van der Waals surface area contributed by atoms with Gasteiger partial charge in [0.25, 0.3) is 5.91 Å². The van der Waals surface area contributed by atoms with Crippen LogP contribution in [0.15, 0.2) is 66.7 Å². The topological polar surface area (TPSA) is 144 Å². The van der Waals surface area contributed by atoms with Gasteiger partial charge in [0.05, 0.1) is 25.3 Å². The van der Waals surface area contributed by atoms with Gasteiger partial charge in [-0.15, -0.1) is 11.8 Å². The van der Waals surface area contributed by atoms with Crippen LogP contribution in [0.5, 0.6) is 11.5 Å². The standard InChI is InChI=1S/C44H56FN3O8SSi/c1-44(2,3)58(4,5)56-37(30-13-20-36-31(24-30)21-22-54-36)27-57-41-40(48(42(41)51)33-16-14-32(45)15-17-33)29-11-18-34(19-12-29)55-26-39(50)46-25-38(49)47-35(43(52)53)23-28-9-7-6-8-10-28/h11-20,24,28,35,37,40-41H,6-10,21-23,25-27H2,1-5H3,(H,46,50)(H,47,49)(H,52,53)/t35-,37-,40+,41+/m0/s1/i28D. The quantitative estimate of drug-likeness (QED) is 0.0919. The number of anilines is 1. The Morgan fingerprint density at radius 1 is 1.03 bits per heavy atom. The first-order valence-corrected chi connectivity index (χ1v) is 24.0. The summed E-state index contributed by atoms with van der Waals surface area (Å²) in [5.41, 5.74) is 3.61. The van der Waals surface area contributed by atoms with Crippen LogP contribution in [0.3, 0.4) is 0 Å². The summed E-state index contributed by atoms with van der Waals surface area (Å²) in [6, 6.07) is 17.6. The number of amides is 3. The molecule has 1 saturated heterocycles. The van der Waals surface area contributed by atoms with E-state index >= 15 is 0 Å². The summed E-state index contributed by atoms with van der Waals surface area (Å²) >= 11 is 1.54. The summed E-state index contributed by atoms with van der Waals surface area (Å²) < 4.78 is 41.1. The molecular formula is C44H56FN3O8SSi. The Morgan fingerprint density at radius 3 is 2.41 bits per heavy atom. The molecule has 0 bridgehead atoms. The summed E-state index contributed by atoms with van der Waals surface area (Å²) in [6.45, 7) is 10.9. The third-order valence-corrected chi connectivity index (χ3v) is 17.4. The van der Waals surface area contributed by atoms with E-state index < -0.39 is 62.3 Å². The number of carboxylic acids is 1. The number of carboxylic acid groups (broad SMARTS) is 1. The van der Waals surface area contributed by atoms with Gasteiger partial charge in [0.15, 0.2) is 14.9 Å². The maximum atomic E-state index is 14.0. The Kier molecular flexibility index (Phi) is 13.4. The average molecular weight is 835 g/mol. The molecule has 1 saturated carbocycles. The molecule has 0 aromatic heterocycles. The van der Waals surface area contributed by atoms with E-state index in [-0.39, 0.29) is 29.5 Å². The van der Waals surface area contributed by atoms with Crippen LogP contribution in [0.25, 0.3) is 0 Å². The maximum absolute atomic E-state index is 14.0. The number of rotatable bonds is 17. The highest BCUT2D eigenvalue weighted by atomic mass is 32.2. The predicted molar refractivity (Wildman–Crippen MR) is 225 cm³/mol. The molecule has 2 fully saturated rings. The van der Waals surface area contributed by atoms with Gasteiger partial charge >= 0.3 is 5.97 Å². The van der Waals surface area contributed by atoms with E-state index in [0.29, 0.717) is 36.6 Å². The van der Waals surface area contributed by atoms with Crippen molar-refractivity contribution < 1.29 is 43.9 Å². The minimum absolute atomic E-state index is 0.00863. The van der Waals surface area contributed by atoms with Gasteiger partial charge in [-0.25, -0.2) is 9.18 Å². The van der Waals surface area contributed by atoms with Crippen molar-refractivity contribution in [1.82, 2.24) is 10.6 Å². The van der Waals surface area contributed by atoms with Crippen molar-refractivity contribution >= 4 is 49.5 Å². The molecule has 0 radical (unpaired) electrons.